The molecule has 0 atom stereocenters. The van der Waals surface area contributed by atoms with Crippen LogP contribution < -0.4 is 0 Å². The molecule has 0 amide bonds. The number of aromatic nitrogens is 1. The molecule has 0 bridgehead atoms. The van der Waals surface area contributed by atoms with Crippen LogP contribution >= 0.6 is 11.6 Å². The highest BCUT2D eigenvalue weighted by atomic mass is 35.5. The molecule has 0 unspecified atom stereocenters. The summed E-state index contributed by atoms with van der Waals surface area (Å²) in [5, 5.41) is 1.98. The average Bonchev–Trinajstić information content (AvgIpc) is 2.80. The minimum Gasteiger partial charge on any atom is -0.252 e. The minimum atomic E-state index is 0.618. The van der Waals surface area contributed by atoms with E-state index in [4.69, 9.17) is 16.6 Å². The first-order valence-corrected chi connectivity index (χ1v) is 7.10. The molecule has 2 heteroatoms. The van der Waals surface area contributed by atoms with E-state index in [-0.39, 0.29) is 0 Å². The third-order valence-corrected chi connectivity index (χ3v) is 4.29. The zero-order chi connectivity index (χ0) is 12.7. The summed E-state index contributed by atoms with van der Waals surface area (Å²) in [6, 6.07) is 6.40. The van der Waals surface area contributed by atoms with E-state index in [9.17, 15) is 0 Å². The monoisotopic (exact) mass is 259 g/mol. The van der Waals surface area contributed by atoms with E-state index in [1.54, 1.807) is 0 Å². The lowest BCUT2D eigenvalue weighted by Crippen LogP contribution is -1.98. The standard InChI is InChI=1S/C16H18ClN/c1-10-7-11(2)16-13(17)9-14(18-15(16)8-10)12-5-3-4-6-12/h7-9,12H,3-6H2,1-2H3. The van der Waals surface area contributed by atoms with Gasteiger partial charge in [0, 0.05) is 17.0 Å². The van der Waals surface area contributed by atoms with Gasteiger partial charge < -0.3 is 0 Å². The molecule has 3 rings (SSSR count). The van der Waals surface area contributed by atoms with Gasteiger partial charge in [0.15, 0.2) is 0 Å². The highest BCUT2D eigenvalue weighted by Crippen LogP contribution is 2.36. The molecule has 1 aromatic heterocycles. The molecule has 1 saturated carbocycles. The number of rotatable bonds is 1. The van der Waals surface area contributed by atoms with Crippen molar-refractivity contribution in [2.24, 2.45) is 0 Å². The van der Waals surface area contributed by atoms with Crippen LogP contribution in [0.3, 0.4) is 0 Å². The molecule has 18 heavy (non-hydrogen) atoms. The Labute approximate surface area is 113 Å². The smallest absolute Gasteiger partial charge is 0.0725 e. The Morgan fingerprint density at radius 1 is 1.11 bits per heavy atom. The van der Waals surface area contributed by atoms with Crippen LogP contribution in [0.25, 0.3) is 10.9 Å². The maximum absolute atomic E-state index is 6.46. The van der Waals surface area contributed by atoms with Gasteiger partial charge in [0.2, 0.25) is 0 Å². The third kappa shape index (κ3) is 2.01. The van der Waals surface area contributed by atoms with E-state index in [0.717, 1.165) is 15.9 Å². The molecule has 0 radical (unpaired) electrons. The highest BCUT2D eigenvalue weighted by Gasteiger charge is 2.20. The second kappa shape index (κ2) is 4.55. The molecule has 0 aliphatic heterocycles. The Kier molecular flexibility index (Phi) is 3.03. The number of halogens is 1. The first-order chi connectivity index (χ1) is 8.65. The van der Waals surface area contributed by atoms with Gasteiger partial charge in [-0.3, -0.25) is 4.98 Å². The summed E-state index contributed by atoms with van der Waals surface area (Å²) >= 11 is 6.46. The van der Waals surface area contributed by atoms with Gasteiger partial charge in [-0.05, 0) is 49.9 Å². The van der Waals surface area contributed by atoms with Gasteiger partial charge in [0.05, 0.1) is 10.5 Å². The van der Waals surface area contributed by atoms with E-state index >= 15 is 0 Å². The lowest BCUT2D eigenvalue weighted by Gasteiger charge is -2.12. The summed E-state index contributed by atoms with van der Waals surface area (Å²) in [6.45, 7) is 4.22. The van der Waals surface area contributed by atoms with Gasteiger partial charge in [-0.1, -0.05) is 30.5 Å². The Morgan fingerprint density at radius 2 is 1.83 bits per heavy atom. The number of pyridine rings is 1. The van der Waals surface area contributed by atoms with Crippen LogP contribution in [0, 0.1) is 13.8 Å². The number of fused-ring (bicyclic) bond motifs is 1. The Hall–Kier alpha value is -1.08. The number of hydrogen-bond acceptors (Lipinski definition) is 1. The molecule has 94 valence electrons. The summed E-state index contributed by atoms with van der Waals surface area (Å²) in [5.74, 6) is 0.618. The summed E-state index contributed by atoms with van der Waals surface area (Å²) < 4.78 is 0. The summed E-state index contributed by atoms with van der Waals surface area (Å²) in [4.78, 5) is 4.86. The number of benzene rings is 1. The second-order valence-electron chi connectivity index (χ2n) is 5.49. The van der Waals surface area contributed by atoms with E-state index in [1.807, 2.05) is 0 Å². The predicted octanol–water partition coefficient (Wildman–Crippen LogP) is 5.16. The van der Waals surface area contributed by atoms with Crippen molar-refractivity contribution in [3.05, 3.63) is 40.0 Å². The second-order valence-corrected chi connectivity index (χ2v) is 5.89. The van der Waals surface area contributed by atoms with Crippen molar-refractivity contribution >= 4 is 22.5 Å². The largest absolute Gasteiger partial charge is 0.252 e. The van der Waals surface area contributed by atoms with Gasteiger partial charge in [0.1, 0.15) is 0 Å². The van der Waals surface area contributed by atoms with Crippen molar-refractivity contribution in [2.45, 2.75) is 45.4 Å². The van der Waals surface area contributed by atoms with E-state index in [2.05, 4.69) is 32.0 Å². The SMILES string of the molecule is Cc1cc(C)c2c(Cl)cc(C3CCCC3)nc2c1. The van der Waals surface area contributed by atoms with Gasteiger partial charge in [-0.2, -0.15) is 0 Å². The highest BCUT2D eigenvalue weighted by molar-refractivity contribution is 6.35. The van der Waals surface area contributed by atoms with E-state index < -0.39 is 0 Å². The van der Waals surface area contributed by atoms with Gasteiger partial charge in [-0.25, -0.2) is 0 Å². The minimum absolute atomic E-state index is 0.618. The zero-order valence-corrected chi connectivity index (χ0v) is 11.7. The van der Waals surface area contributed by atoms with Gasteiger partial charge >= 0.3 is 0 Å². The van der Waals surface area contributed by atoms with Crippen LogP contribution in [-0.4, -0.2) is 4.98 Å². The molecule has 2 aromatic rings. The maximum Gasteiger partial charge on any atom is 0.0725 e. The molecular weight excluding hydrogens is 242 g/mol. The fraction of sp³-hybridized carbons (Fsp3) is 0.438. The topological polar surface area (TPSA) is 12.9 Å². The van der Waals surface area contributed by atoms with Crippen molar-refractivity contribution in [3.63, 3.8) is 0 Å². The number of aryl methyl sites for hydroxylation is 2. The summed E-state index contributed by atoms with van der Waals surface area (Å²) in [7, 11) is 0. The molecule has 0 spiro atoms. The quantitative estimate of drug-likeness (QED) is 0.689. The molecule has 1 aromatic carbocycles. The van der Waals surface area contributed by atoms with Crippen LogP contribution in [0.1, 0.15) is 48.4 Å². The third-order valence-electron chi connectivity index (χ3n) is 4.00. The summed E-state index contributed by atoms with van der Waals surface area (Å²) in [6.07, 6.45) is 5.18. The first-order valence-electron chi connectivity index (χ1n) is 6.72. The number of nitrogens with zero attached hydrogens (tertiary/aromatic N) is 1. The lowest BCUT2D eigenvalue weighted by molar-refractivity contribution is 0.701. The lowest BCUT2D eigenvalue weighted by atomic mass is 10.0. The molecule has 0 saturated heterocycles. The normalized spacial score (nSPS) is 16.6. The van der Waals surface area contributed by atoms with Crippen molar-refractivity contribution in [3.8, 4) is 0 Å². The van der Waals surface area contributed by atoms with Crippen molar-refractivity contribution < 1.29 is 0 Å². The zero-order valence-electron chi connectivity index (χ0n) is 11.0. The van der Waals surface area contributed by atoms with Crippen molar-refractivity contribution in [1.29, 1.82) is 0 Å². The molecule has 0 N–H and O–H groups in total. The maximum atomic E-state index is 6.46. The summed E-state index contributed by atoms with van der Waals surface area (Å²) in [5.41, 5.74) is 4.73. The van der Waals surface area contributed by atoms with Crippen LogP contribution in [-0.2, 0) is 0 Å². The van der Waals surface area contributed by atoms with Crippen LogP contribution in [0.15, 0.2) is 18.2 Å². The molecular formula is C16H18ClN. The van der Waals surface area contributed by atoms with Gasteiger partial charge in [-0.15, -0.1) is 0 Å². The predicted molar refractivity (Wildman–Crippen MR) is 77.4 cm³/mol. The van der Waals surface area contributed by atoms with Gasteiger partial charge in [0.25, 0.3) is 0 Å². The Bertz CT molecular complexity index is 598. The van der Waals surface area contributed by atoms with Crippen molar-refractivity contribution in [2.75, 3.05) is 0 Å². The molecule has 1 aliphatic carbocycles. The number of hydrogen-bond donors (Lipinski definition) is 0. The van der Waals surface area contributed by atoms with Crippen LogP contribution in [0.5, 0.6) is 0 Å². The Balaban J connectivity index is 2.19. The molecule has 1 fully saturated rings. The average molecular weight is 260 g/mol. The fourth-order valence-electron chi connectivity index (χ4n) is 3.15. The molecule has 1 heterocycles. The van der Waals surface area contributed by atoms with E-state index in [0.29, 0.717) is 5.92 Å². The van der Waals surface area contributed by atoms with Crippen LogP contribution in [0.2, 0.25) is 5.02 Å². The molecule has 1 nitrogen and oxygen atoms in total. The molecule has 1 aliphatic rings. The van der Waals surface area contributed by atoms with Crippen molar-refractivity contribution in [1.82, 2.24) is 4.98 Å². The first kappa shape index (κ1) is 12.0. The van der Waals surface area contributed by atoms with E-state index in [1.165, 1.54) is 42.5 Å². The fourth-order valence-corrected chi connectivity index (χ4v) is 3.51. The Morgan fingerprint density at radius 3 is 2.56 bits per heavy atom. The van der Waals surface area contributed by atoms with Crippen LogP contribution in [0.4, 0.5) is 0 Å².